The smallest absolute Gasteiger partial charge is 0.287 e. The van der Waals surface area contributed by atoms with Crippen LogP contribution in [0.4, 0.5) is 17.5 Å². The van der Waals surface area contributed by atoms with E-state index in [-0.39, 0.29) is 11.6 Å². The minimum Gasteiger partial charge on any atom is -0.351 e. The van der Waals surface area contributed by atoms with Crippen LogP contribution in [0.2, 0.25) is 0 Å². The summed E-state index contributed by atoms with van der Waals surface area (Å²) in [6, 6.07) is 22.9. The van der Waals surface area contributed by atoms with Crippen molar-refractivity contribution < 1.29 is 0 Å². The second kappa shape index (κ2) is 8.58. The molecular weight excluding hydrogens is 462 g/mol. The first-order valence-electron chi connectivity index (χ1n) is 12.8. The number of hydrogen-bond acceptors (Lipinski definition) is 6. The summed E-state index contributed by atoms with van der Waals surface area (Å²) >= 11 is 0. The van der Waals surface area contributed by atoms with E-state index in [1.807, 2.05) is 54.2 Å². The molecule has 2 aliphatic rings. The normalized spacial score (nSPS) is 18.0. The molecule has 1 aliphatic carbocycles. The number of benzene rings is 2. The van der Waals surface area contributed by atoms with Crippen molar-refractivity contribution in [2.24, 2.45) is 0 Å². The topological polar surface area (TPSA) is 89.7 Å². The van der Waals surface area contributed by atoms with Crippen molar-refractivity contribution in [1.29, 1.82) is 0 Å². The molecule has 5 aromatic rings. The maximum atomic E-state index is 13.3. The van der Waals surface area contributed by atoms with Gasteiger partial charge in [0.1, 0.15) is 11.2 Å². The molecule has 8 nitrogen and oxygen atoms in total. The van der Waals surface area contributed by atoms with E-state index in [1.165, 1.54) is 0 Å². The maximum Gasteiger partial charge on any atom is 0.287 e. The predicted octanol–water partition coefficient (Wildman–Crippen LogP) is 5.27. The highest BCUT2D eigenvalue weighted by molar-refractivity contribution is 5.90. The molecule has 8 heteroatoms. The molecule has 0 saturated heterocycles. The number of aromatic nitrogens is 5. The summed E-state index contributed by atoms with van der Waals surface area (Å²) < 4.78 is 4.04. The van der Waals surface area contributed by atoms with Crippen molar-refractivity contribution in [2.45, 2.75) is 44.8 Å². The number of nitrogens with one attached hydrogen (secondary N) is 2. The van der Waals surface area contributed by atoms with Crippen molar-refractivity contribution in [3.05, 3.63) is 94.4 Å². The summed E-state index contributed by atoms with van der Waals surface area (Å²) in [5.41, 5.74) is 5.55. The summed E-state index contributed by atoms with van der Waals surface area (Å²) in [5, 5.41) is 12.5. The van der Waals surface area contributed by atoms with Gasteiger partial charge in [0, 0.05) is 23.5 Å². The van der Waals surface area contributed by atoms with Gasteiger partial charge in [-0.1, -0.05) is 48.5 Å². The number of pyridine rings is 1. The van der Waals surface area contributed by atoms with E-state index in [4.69, 9.17) is 5.10 Å². The molecule has 3 aromatic heterocycles. The van der Waals surface area contributed by atoms with Crippen molar-refractivity contribution in [2.75, 3.05) is 10.6 Å². The van der Waals surface area contributed by atoms with Gasteiger partial charge in [-0.15, -0.1) is 0 Å². The highest BCUT2D eigenvalue weighted by Crippen LogP contribution is 2.41. The fourth-order valence-corrected chi connectivity index (χ4v) is 5.61. The molecule has 1 fully saturated rings. The standard InChI is InChI=1S/C29H27N7O/c1-18-10-15-22(30-16-18)20-13-11-19(12-14-20)17-35-26(31-21-6-3-2-4-7-21)25-27(34-35)36-24-9-5-8-23(24)32-29(36)33-28(25)37/h2-4,6-7,10-16,23-24,31H,5,8-9,17H2,1H3,(H,32,33,37)/t23-,24+/m1/s1. The fourth-order valence-electron chi connectivity index (χ4n) is 5.61. The van der Waals surface area contributed by atoms with Gasteiger partial charge in [0.2, 0.25) is 5.95 Å². The van der Waals surface area contributed by atoms with Crippen LogP contribution in [0.5, 0.6) is 0 Å². The van der Waals surface area contributed by atoms with E-state index in [1.54, 1.807) is 0 Å². The van der Waals surface area contributed by atoms with Crippen LogP contribution in [0.1, 0.15) is 36.4 Å². The number of hydrogen-bond donors (Lipinski definition) is 2. The van der Waals surface area contributed by atoms with Crippen molar-refractivity contribution >= 4 is 28.5 Å². The average molecular weight is 490 g/mol. The monoisotopic (exact) mass is 489 g/mol. The Morgan fingerprint density at radius 3 is 2.65 bits per heavy atom. The highest BCUT2D eigenvalue weighted by Gasteiger charge is 2.38. The quantitative estimate of drug-likeness (QED) is 0.349. The predicted molar refractivity (Wildman–Crippen MR) is 145 cm³/mol. The van der Waals surface area contributed by atoms with Gasteiger partial charge >= 0.3 is 0 Å². The number of rotatable bonds is 5. The molecule has 184 valence electrons. The minimum absolute atomic E-state index is 0.265. The Balaban J connectivity index is 1.31. The molecule has 4 heterocycles. The molecule has 0 unspecified atom stereocenters. The summed E-state index contributed by atoms with van der Waals surface area (Å²) in [6.45, 7) is 2.55. The van der Waals surface area contributed by atoms with Gasteiger partial charge in [0.05, 0.1) is 18.3 Å². The van der Waals surface area contributed by atoms with Gasteiger partial charge in [-0.25, -0.2) is 4.68 Å². The van der Waals surface area contributed by atoms with Crippen molar-refractivity contribution in [1.82, 2.24) is 24.3 Å². The minimum atomic E-state index is -0.265. The second-order valence-electron chi connectivity index (χ2n) is 9.97. The van der Waals surface area contributed by atoms with Gasteiger partial charge < -0.3 is 10.6 Å². The highest BCUT2D eigenvalue weighted by atomic mass is 16.1. The lowest BCUT2D eigenvalue weighted by molar-refractivity contribution is 0.539. The SMILES string of the molecule is Cc1ccc(-c2ccc(Cn3nc4c(c3Nc3ccccc3)c(=O)nc3n4[C@H]4CCC[C@H]4N3)cc2)nc1. The Morgan fingerprint density at radius 1 is 1.03 bits per heavy atom. The first-order chi connectivity index (χ1) is 18.1. The molecule has 0 spiro atoms. The fraction of sp³-hybridized carbons (Fsp3) is 0.241. The van der Waals surface area contributed by atoms with E-state index in [0.717, 1.165) is 47.3 Å². The van der Waals surface area contributed by atoms with Crippen LogP contribution in [0.15, 0.2) is 77.7 Å². The van der Waals surface area contributed by atoms with Crippen molar-refractivity contribution in [3.8, 4) is 11.3 Å². The second-order valence-corrected chi connectivity index (χ2v) is 9.97. The Labute approximate surface area is 214 Å². The molecule has 7 rings (SSSR count). The van der Waals surface area contributed by atoms with Crippen molar-refractivity contribution in [3.63, 3.8) is 0 Å². The zero-order chi connectivity index (χ0) is 24.9. The summed E-state index contributed by atoms with van der Waals surface area (Å²) in [5.74, 6) is 1.30. The zero-order valence-electron chi connectivity index (χ0n) is 20.6. The van der Waals surface area contributed by atoms with Crippen LogP contribution in [0, 0.1) is 6.92 Å². The van der Waals surface area contributed by atoms with Gasteiger partial charge in [-0.2, -0.15) is 10.1 Å². The summed E-state index contributed by atoms with van der Waals surface area (Å²) in [4.78, 5) is 22.3. The lowest BCUT2D eigenvalue weighted by atomic mass is 10.1. The Bertz CT molecular complexity index is 1650. The third kappa shape index (κ3) is 3.76. The van der Waals surface area contributed by atoms with Gasteiger partial charge in [-0.3, -0.25) is 14.3 Å². The van der Waals surface area contributed by atoms with Crippen LogP contribution >= 0.6 is 0 Å². The molecule has 2 atom stereocenters. The van der Waals surface area contributed by atoms with Gasteiger partial charge in [-0.05, 0) is 55.5 Å². The van der Waals surface area contributed by atoms with Crippen LogP contribution in [-0.4, -0.2) is 30.4 Å². The molecule has 37 heavy (non-hydrogen) atoms. The Hall–Kier alpha value is -4.46. The molecule has 0 amide bonds. The molecule has 2 aromatic carbocycles. The molecule has 1 aliphatic heterocycles. The number of anilines is 3. The number of para-hydroxylation sites is 1. The lowest BCUT2D eigenvalue weighted by Crippen LogP contribution is -2.15. The largest absolute Gasteiger partial charge is 0.351 e. The molecule has 0 radical (unpaired) electrons. The van der Waals surface area contributed by atoms with E-state index >= 15 is 0 Å². The lowest BCUT2D eigenvalue weighted by Gasteiger charge is -2.11. The first kappa shape index (κ1) is 21.8. The van der Waals surface area contributed by atoms with E-state index in [9.17, 15) is 4.79 Å². The first-order valence-corrected chi connectivity index (χ1v) is 12.8. The molecule has 0 bridgehead atoms. The van der Waals surface area contributed by atoms with Crippen LogP contribution in [-0.2, 0) is 6.54 Å². The zero-order valence-corrected chi connectivity index (χ0v) is 20.6. The number of fused-ring (bicyclic) bond motifs is 5. The van der Waals surface area contributed by atoms with Gasteiger partial charge in [0.15, 0.2) is 5.65 Å². The molecule has 2 N–H and O–H groups in total. The third-order valence-corrected chi connectivity index (χ3v) is 7.47. The Kier molecular flexibility index (Phi) is 5.06. The maximum absolute atomic E-state index is 13.3. The van der Waals surface area contributed by atoms with E-state index in [0.29, 0.717) is 35.4 Å². The summed E-state index contributed by atoms with van der Waals surface area (Å²) in [7, 11) is 0. The molecular formula is C29H27N7O. The Morgan fingerprint density at radius 2 is 1.86 bits per heavy atom. The summed E-state index contributed by atoms with van der Waals surface area (Å²) in [6.07, 6.45) is 5.19. The van der Waals surface area contributed by atoms with Crippen LogP contribution < -0.4 is 16.2 Å². The number of aryl methyl sites for hydroxylation is 1. The van der Waals surface area contributed by atoms with Gasteiger partial charge in [0.25, 0.3) is 5.56 Å². The van der Waals surface area contributed by atoms with E-state index in [2.05, 4.69) is 55.5 Å². The van der Waals surface area contributed by atoms with E-state index < -0.39 is 0 Å². The number of nitrogens with zero attached hydrogens (tertiary/aromatic N) is 5. The van der Waals surface area contributed by atoms with Crippen LogP contribution in [0.3, 0.4) is 0 Å². The van der Waals surface area contributed by atoms with Crippen LogP contribution in [0.25, 0.3) is 22.3 Å². The molecule has 1 saturated carbocycles. The third-order valence-electron chi connectivity index (χ3n) is 7.47. The average Bonchev–Trinajstić information content (AvgIpc) is 3.59.